The van der Waals surface area contributed by atoms with E-state index in [0.29, 0.717) is 13.0 Å². The van der Waals surface area contributed by atoms with Crippen LogP contribution in [0.3, 0.4) is 0 Å². The molecule has 0 aliphatic carbocycles. The highest BCUT2D eigenvalue weighted by Gasteiger charge is 2.03. The number of halogens is 1. The van der Waals surface area contributed by atoms with Crippen molar-refractivity contribution in [3.05, 3.63) is 0 Å². The van der Waals surface area contributed by atoms with Gasteiger partial charge in [0.15, 0.2) is 5.96 Å². The Hall–Kier alpha value is -0.570. The molecule has 0 saturated heterocycles. The predicted molar refractivity (Wildman–Crippen MR) is 93.8 cm³/mol. The zero-order chi connectivity index (χ0) is 14.5. The van der Waals surface area contributed by atoms with E-state index < -0.39 is 0 Å². The van der Waals surface area contributed by atoms with Crippen molar-refractivity contribution < 1.29 is 9.53 Å². The number of aliphatic imine (C=N–C) groups is 1. The average molecular weight is 400 g/mol. The third kappa shape index (κ3) is 12.5. The zero-order valence-electron chi connectivity index (χ0n) is 13.1. The monoisotopic (exact) mass is 400 g/mol. The number of hydrogen-bond donors (Lipinski definition) is 2. The second-order valence-electron chi connectivity index (χ2n) is 4.28. The van der Waals surface area contributed by atoms with Crippen LogP contribution in [0.1, 0.15) is 26.7 Å². The van der Waals surface area contributed by atoms with Crippen molar-refractivity contribution >= 4 is 35.8 Å². The second kappa shape index (κ2) is 14.8. The Morgan fingerprint density at radius 3 is 2.50 bits per heavy atom. The summed E-state index contributed by atoms with van der Waals surface area (Å²) >= 11 is 0. The molecule has 0 unspecified atom stereocenters. The average Bonchev–Trinajstić information content (AvgIpc) is 2.38. The molecule has 0 heterocycles. The van der Waals surface area contributed by atoms with Crippen LogP contribution in [0.25, 0.3) is 0 Å². The van der Waals surface area contributed by atoms with Crippen LogP contribution in [0.5, 0.6) is 0 Å². The topological polar surface area (TPSA) is 66.0 Å². The van der Waals surface area contributed by atoms with Crippen LogP contribution in [0.15, 0.2) is 4.99 Å². The molecule has 0 aromatic heterocycles. The third-order valence-corrected chi connectivity index (χ3v) is 2.40. The first-order valence-electron chi connectivity index (χ1n) is 6.91. The molecule has 0 atom stereocenters. The maximum Gasteiger partial charge on any atom is 0.223 e. The van der Waals surface area contributed by atoms with Crippen molar-refractivity contribution in [3.8, 4) is 0 Å². The number of carbonyl (C=O) groups excluding carboxylic acids is 1. The molecule has 0 spiro atoms. The normalized spacial score (nSPS) is 10.7. The highest BCUT2D eigenvalue weighted by molar-refractivity contribution is 14.0. The fraction of sp³-hybridized carbons (Fsp3) is 0.846. The lowest BCUT2D eigenvalue weighted by atomic mass is 10.4. The molecule has 0 saturated carbocycles. The summed E-state index contributed by atoms with van der Waals surface area (Å²) in [6, 6.07) is 0. The first-order chi connectivity index (χ1) is 9.11. The minimum atomic E-state index is 0. The molecule has 0 aromatic rings. The van der Waals surface area contributed by atoms with Gasteiger partial charge in [0.05, 0.1) is 0 Å². The molecule has 120 valence electrons. The lowest BCUT2D eigenvalue weighted by Gasteiger charge is -2.13. The van der Waals surface area contributed by atoms with Gasteiger partial charge in [-0.05, 0) is 20.3 Å². The smallest absolute Gasteiger partial charge is 0.223 e. The Morgan fingerprint density at radius 1 is 1.25 bits per heavy atom. The number of rotatable bonds is 9. The summed E-state index contributed by atoms with van der Waals surface area (Å²) in [7, 11) is 3.52. The molecule has 2 N–H and O–H groups in total. The van der Waals surface area contributed by atoms with Crippen LogP contribution in [0.2, 0.25) is 0 Å². The Kier molecular flexibility index (Phi) is 16.1. The van der Waals surface area contributed by atoms with Gasteiger partial charge in [-0.3, -0.25) is 9.79 Å². The van der Waals surface area contributed by atoms with Gasteiger partial charge in [-0.15, -0.1) is 24.0 Å². The highest BCUT2D eigenvalue weighted by Crippen LogP contribution is 1.87. The quantitative estimate of drug-likeness (QED) is 0.263. The van der Waals surface area contributed by atoms with E-state index in [1.807, 2.05) is 13.8 Å². The van der Waals surface area contributed by atoms with Crippen molar-refractivity contribution in [2.24, 2.45) is 4.99 Å². The maximum atomic E-state index is 11.4. The molecule has 20 heavy (non-hydrogen) atoms. The molecular weight excluding hydrogens is 371 g/mol. The summed E-state index contributed by atoms with van der Waals surface area (Å²) in [5.74, 6) is 0.866. The van der Waals surface area contributed by atoms with Gasteiger partial charge >= 0.3 is 0 Å². The summed E-state index contributed by atoms with van der Waals surface area (Å²) in [6.07, 6.45) is 1.37. The fourth-order valence-corrected chi connectivity index (χ4v) is 1.35. The molecule has 7 heteroatoms. The van der Waals surface area contributed by atoms with Gasteiger partial charge in [-0.2, -0.15) is 0 Å². The predicted octanol–water partition coefficient (Wildman–Crippen LogP) is 1.06. The Bertz CT molecular complexity index is 273. The SMILES string of the molecule is CCNC(=NCCCOCC)NCCC(=O)N(C)C.I. The van der Waals surface area contributed by atoms with Crippen LogP contribution >= 0.6 is 24.0 Å². The standard InChI is InChI=1S/C13H28N4O2.HI/c1-5-14-13(15-9-7-11-19-6-2)16-10-8-12(18)17(3)4;/h5-11H2,1-4H3,(H2,14,15,16);1H. The maximum absolute atomic E-state index is 11.4. The van der Waals surface area contributed by atoms with Crippen LogP contribution < -0.4 is 10.6 Å². The van der Waals surface area contributed by atoms with Crippen LogP contribution in [-0.4, -0.2) is 63.7 Å². The minimum Gasteiger partial charge on any atom is -0.382 e. The summed E-state index contributed by atoms with van der Waals surface area (Å²) in [5, 5.41) is 6.30. The van der Waals surface area contributed by atoms with Gasteiger partial charge in [0.1, 0.15) is 0 Å². The van der Waals surface area contributed by atoms with Gasteiger partial charge in [0, 0.05) is 53.4 Å². The van der Waals surface area contributed by atoms with E-state index in [9.17, 15) is 4.79 Å². The van der Waals surface area contributed by atoms with Crippen molar-refractivity contribution in [2.45, 2.75) is 26.7 Å². The number of guanidine groups is 1. The largest absolute Gasteiger partial charge is 0.382 e. The van der Waals surface area contributed by atoms with E-state index in [1.165, 1.54) is 0 Å². The van der Waals surface area contributed by atoms with E-state index >= 15 is 0 Å². The molecule has 0 fully saturated rings. The summed E-state index contributed by atoms with van der Waals surface area (Å²) in [6.45, 7) is 7.59. The first kappa shape index (κ1) is 21.7. The number of ether oxygens (including phenoxy) is 1. The molecule has 0 aromatic carbocycles. The first-order valence-corrected chi connectivity index (χ1v) is 6.91. The molecule has 0 rings (SSSR count). The number of carbonyl (C=O) groups is 1. The number of nitrogens with zero attached hydrogens (tertiary/aromatic N) is 2. The molecule has 0 radical (unpaired) electrons. The lowest BCUT2D eigenvalue weighted by molar-refractivity contribution is -0.128. The van der Waals surface area contributed by atoms with Crippen molar-refractivity contribution in [3.63, 3.8) is 0 Å². The Labute approximate surface area is 139 Å². The van der Waals surface area contributed by atoms with E-state index in [4.69, 9.17) is 4.74 Å². The number of nitrogens with one attached hydrogen (secondary N) is 2. The third-order valence-electron chi connectivity index (χ3n) is 2.40. The number of hydrogen-bond acceptors (Lipinski definition) is 3. The van der Waals surface area contributed by atoms with Gasteiger partial charge in [-0.1, -0.05) is 0 Å². The zero-order valence-corrected chi connectivity index (χ0v) is 15.4. The van der Waals surface area contributed by atoms with Gasteiger partial charge in [-0.25, -0.2) is 0 Å². The molecule has 0 aliphatic heterocycles. The van der Waals surface area contributed by atoms with Crippen LogP contribution in [0, 0.1) is 0 Å². The Morgan fingerprint density at radius 2 is 1.95 bits per heavy atom. The highest BCUT2D eigenvalue weighted by atomic mass is 127. The summed E-state index contributed by atoms with van der Waals surface area (Å²) in [4.78, 5) is 17.4. The van der Waals surface area contributed by atoms with Crippen molar-refractivity contribution in [2.75, 3.05) is 46.9 Å². The van der Waals surface area contributed by atoms with Crippen molar-refractivity contribution in [1.29, 1.82) is 0 Å². The lowest BCUT2D eigenvalue weighted by Crippen LogP contribution is -2.39. The van der Waals surface area contributed by atoms with E-state index in [2.05, 4.69) is 15.6 Å². The Balaban J connectivity index is 0. The summed E-state index contributed by atoms with van der Waals surface area (Å²) in [5.41, 5.74) is 0. The van der Waals surface area contributed by atoms with E-state index in [-0.39, 0.29) is 29.9 Å². The van der Waals surface area contributed by atoms with Gasteiger partial charge in [0.2, 0.25) is 5.91 Å². The second-order valence-corrected chi connectivity index (χ2v) is 4.28. The van der Waals surface area contributed by atoms with Gasteiger partial charge < -0.3 is 20.3 Å². The summed E-state index contributed by atoms with van der Waals surface area (Å²) < 4.78 is 5.25. The van der Waals surface area contributed by atoms with Gasteiger partial charge in [0.25, 0.3) is 0 Å². The fourth-order valence-electron chi connectivity index (χ4n) is 1.35. The van der Waals surface area contributed by atoms with E-state index in [1.54, 1.807) is 19.0 Å². The van der Waals surface area contributed by atoms with Crippen LogP contribution in [-0.2, 0) is 9.53 Å². The minimum absolute atomic E-state index is 0. The molecule has 0 bridgehead atoms. The molecule has 1 amide bonds. The molecular formula is C13H29IN4O2. The molecule has 6 nitrogen and oxygen atoms in total. The number of amides is 1. The van der Waals surface area contributed by atoms with E-state index in [0.717, 1.165) is 38.7 Å². The van der Waals surface area contributed by atoms with Crippen LogP contribution in [0.4, 0.5) is 0 Å². The molecule has 0 aliphatic rings. The van der Waals surface area contributed by atoms with Crippen molar-refractivity contribution in [1.82, 2.24) is 15.5 Å².